The molecule has 0 unspecified atom stereocenters. The molecule has 0 bridgehead atoms. The summed E-state index contributed by atoms with van der Waals surface area (Å²) in [6, 6.07) is 8.23. The van der Waals surface area contributed by atoms with E-state index in [9.17, 15) is 20.0 Å². The first-order valence-electron chi connectivity index (χ1n) is 5.62. The number of phenols is 1. The molecule has 0 heterocycles. The summed E-state index contributed by atoms with van der Waals surface area (Å²) in [6.07, 6.45) is 0. The number of rotatable bonds is 3. The van der Waals surface area contributed by atoms with Gasteiger partial charge in [-0.1, -0.05) is 11.6 Å². The summed E-state index contributed by atoms with van der Waals surface area (Å²) in [5, 5.41) is 23.2. The molecule has 108 valence electrons. The molecule has 2 N–H and O–H groups in total. The van der Waals surface area contributed by atoms with Crippen molar-refractivity contribution in [3.05, 3.63) is 61.6 Å². The molecule has 0 radical (unpaired) electrons. The first-order chi connectivity index (χ1) is 9.88. The van der Waals surface area contributed by atoms with Crippen LogP contribution in [0.4, 0.5) is 11.4 Å². The highest BCUT2D eigenvalue weighted by molar-refractivity contribution is 9.10. The number of nitro benzene ring substituents is 1. The van der Waals surface area contributed by atoms with Gasteiger partial charge in [-0.05, 0) is 46.3 Å². The van der Waals surface area contributed by atoms with Gasteiger partial charge in [-0.15, -0.1) is 0 Å². The highest BCUT2D eigenvalue weighted by Crippen LogP contribution is 2.29. The van der Waals surface area contributed by atoms with Gasteiger partial charge in [0.25, 0.3) is 5.91 Å². The number of anilines is 1. The van der Waals surface area contributed by atoms with Gasteiger partial charge in [0.2, 0.25) is 0 Å². The summed E-state index contributed by atoms with van der Waals surface area (Å²) < 4.78 is 0.631. The Hall–Kier alpha value is -2.12. The number of phenolic OH excluding ortho intramolecular Hbond substituents is 1. The van der Waals surface area contributed by atoms with Crippen molar-refractivity contribution in [3.63, 3.8) is 0 Å². The number of amides is 1. The number of halogens is 2. The first-order valence-corrected chi connectivity index (χ1v) is 6.79. The monoisotopic (exact) mass is 370 g/mol. The third-order valence-corrected chi connectivity index (χ3v) is 3.54. The van der Waals surface area contributed by atoms with E-state index in [1.165, 1.54) is 6.07 Å². The Kier molecular flexibility index (Phi) is 4.44. The van der Waals surface area contributed by atoms with E-state index in [1.807, 2.05) is 0 Å². The summed E-state index contributed by atoms with van der Waals surface area (Å²) >= 11 is 9.10. The third-order valence-electron chi connectivity index (χ3n) is 2.61. The molecular formula is C13H8BrClN2O4. The largest absolute Gasteiger partial charge is 0.502 e. The van der Waals surface area contributed by atoms with Crippen molar-refractivity contribution in [2.45, 2.75) is 0 Å². The zero-order valence-corrected chi connectivity index (χ0v) is 12.7. The minimum atomic E-state index is -0.732. The Balaban J connectivity index is 2.26. The predicted octanol–water partition coefficient (Wildman–Crippen LogP) is 3.97. The number of carbonyl (C=O) groups excluding carboxylic acids is 1. The summed E-state index contributed by atoms with van der Waals surface area (Å²) in [7, 11) is 0. The van der Waals surface area contributed by atoms with Crippen LogP contribution in [0.2, 0.25) is 5.02 Å². The van der Waals surface area contributed by atoms with E-state index in [0.717, 1.165) is 12.1 Å². The van der Waals surface area contributed by atoms with Crippen LogP contribution in [-0.2, 0) is 0 Å². The van der Waals surface area contributed by atoms with Crippen LogP contribution in [0.1, 0.15) is 10.4 Å². The standard InChI is InChI=1S/C13H8BrClN2O4/c14-9-3-2-8(15)6-10(9)16-13(19)7-1-4-11(17(20)21)12(18)5-7/h1-6,18H,(H,16,19). The fraction of sp³-hybridized carbons (Fsp3) is 0. The van der Waals surface area contributed by atoms with Crippen LogP contribution in [0.5, 0.6) is 5.75 Å². The number of nitrogens with one attached hydrogen (secondary N) is 1. The number of carbonyl (C=O) groups is 1. The fourth-order valence-corrected chi connectivity index (χ4v) is 2.12. The van der Waals surface area contributed by atoms with Crippen molar-refractivity contribution in [1.82, 2.24) is 0 Å². The Morgan fingerprint density at radius 3 is 2.62 bits per heavy atom. The second-order valence-corrected chi connectivity index (χ2v) is 5.33. The maximum atomic E-state index is 12.1. The van der Waals surface area contributed by atoms with Crippen LogP contribution < -0.4 is 5.32 Å². The Labute approximate surface area is 132 Å². The summed E-state index contributed by atoms with van der Waals surface area (Å²) in [4.78, 5) is 21.9. The van der Waals surface area contributed by atoms with Crippen molar-refractivity contribution in [1.29, 1.82) is 0 Å². The van der Waals surface area contributed by atoms with Gasteiger partial charge in [0.05, 0.1) is 10.6 Å². The minimum Gasteiger partial charge on any atom is -0.502 e. The molecule has 21 heavy (non-hydrogen) atoms. The SMILES string of the molecule is O=C(Nc1cc(Cl)ccc1Br)c1ccc([N+](=O)[O-])c(O)c1. The van der Waals surface area contributed by atoms with E-state index in [1.54, 1.807) is 18.2 Å². The number of nitro groups is 1. The van der Waals surface area contributed by atoms with E-state index in [0.29, 0.717) is 15.2 Å². The lowest BCUT2D eigenvalue weighted by Crippen LogP contribution is -2.12. The summed E-state index contributed by atoms with van der Waals surface area (Å²) in [5.74, 6) is -1.10. The van der Waals surface area contributed by atoms with E-state index < -0.39 is 22.3 Å². The molecule has 1 amide bonds. The van der Waals surface area contributed by atoms with E-state index in [4.69, 9.17) is 11.6 Å². The summed E-state index contributed by atoms with van der Waals surface area (Å²) in [6.45, 7) is 0. The van der Waals surface area contributed by atoms with Crippen molar-refractivity contribution < 1.29 is 14.8 Å². The molecule has 0 aliphatic rings. The zero-order chi connectivity index (χ0) is 15.6. The Morgan fingerprint density at radius 2 is 2.00 bits per heavy atom. The lowest BCUT2D eigenvalue weighted by molar-refractivity contribution is -0.385. The summed E-state index contributed by atoms with van der Waals surface area (Å²) in [5.41, 5.74) is 0.0748. The normalized spacial score (nSPS) is 10.2. The quantitative estimate of drug-likeness (QED) is 0.631. The molecule has 0 aliphatic carbocycles. The zero-order valence-electron chi connectivity index (χ0n) is 10.3. The average molecular weight is 372 g/mol. The topological polar surface area (TPSA) is 92.5 Å². The van der Waals surface area contributed by atoms with Crippen LogP contribution in [0.25, 0.3) is 0 Å². The van der Waals surface area contributed by atoms with Crippen LogP contribution in [0.3, 0.4) is 0 Å². The van der Waals surface area contributed by atoms with Crippen LogP contribution in [0, 0.1) is 10.1 Å². The van der Waals surface area contributed by atoms with Gasteiger partial charge < -0.3 is 10.4 Å². The maximum Gasteiger partial charge on any atom is 0.310 e. The van der Waals surface area contributed by atoms with Crippen molar-refractivity contribution in [3.8, 4) is 5.75 Å². The lowest BCUT2D eigenvalue weighted by Gasteiger charge is -2.08. The number of nitrogens with zero attached hydrogens (tertiary/aromatic N) is 1. The molecule has 0 aliphatic heterocycles. The molecule has 0 fully saturated rings. The third kappa shape index (κ3) is 3.50. The molecule has 8 heteroatoms. The van der Waals surface area contributed by atoms with E-state index in [2.05, 4.69) is 21.2 Å². The highest BCUT2D eigenvalue weighted by Gasteiger charge is 2.16. The smallest absolute Gasteiger partial charge is 0.310 e. The fourth-order valence-electron chi connectivity index (χ4n) is 1.61. The average Bonchev–Trinajstić information content (AvgIpc) is 2.42. The van der Waals surface area contributed by atoms with Gasteiger partial charge in [-0.2, -0.15) is 0 Å². The molecule has 0 aromatic heterocycles. The van der Waals surface area contributed by atoms with Gasteiger partial charge in [-0.25, -0.2) is 0 Å². The van der Waals surface area contributed by atoms with Gasteiger partial charge in [0, 0.05) is 21.1 Å². The highest BCUT2D eigenvalue weighted by atomic mass is 79.9. The molecule has 0 atom stereocenters. The maximum absolute atomic E-state index is 12.1. The van der Waals surface area contributed by atoms with Crippen molar-refractivity contribution in [2.24, 2.45) is 0 Å². The predicted molar refractivity (Wildman–Crippen MR) is 81.9 cm³/mol. The first kappa shape index (κ1) is 15.3. The lowest BCUT2D eigenvalue weighted by atomic mass is 10.1. The Morgan fingerprint density at radius 1 is 1.29 bits per heavy atom. The molecule has 2 rings (SSSR count). The van der Waals surface area contributed by atoms with Gasteiger partial charge in [0.1, 0.15) is 0 Å². The van der Waals surface area contributed by atoms with Crippen molar-refractivity contribution in [2.75, 3.05) is 5.32 Å². The number of hydrogen-bond donors (Lipinski definition) is 2. The molecule has 6 nitrogen and oxygen atoms in total. The van der Waals surface area contributed by atoms with Gasteiger partial charge in [0.15, 0.2) is 5.75 Å². The second-order valence-electron chi connectivity index (χ2n) is 4.04. The number of aromatic hydroxyl groups is 1. The molecule has 0 saturated heterocycles. The molecular weight excluding hydrogens is 364 g/mol. The molecule has 2 aromatic carbocycles. The van der Waals surface area contributed by atoms with Crippen molar-refractivity contribution >= 4 is 44.8 Å². The number of benzene rings is 2. The molecule has 0 saturated carbocycles. The second kappa shape index (κ2) is 6.11. The minimum absolute atomic E-state index is 0.0879. The molecule has 2 aromatic rings. The molecule has 0 spiro atoms. The number of hydrogen-bond acceptors (Lipinski definition) is 4. The van der Waals surface area contributed by atoms with Gasteiger partial charge in [-0.3, -0.25) is 14.9 Å². The van der Waals surface area contributed by atoms with Crippen LogP contribution in [0.15, 0.2) is 40.9 Å². The van der Waals surface area contributed by atoms with Crippen LogP contribution in [-0.4, -0.2) is 15.9 Å². The van der Waals surface area contributed by atoms with E-state index in [-0.39, 0.29) is 5.56 Å². The van der Waals surface area contributed by atoms with Gasteiger partial charge >= 0.3 is 5.69 Å². The van der Waals surface area contributed by atoms with E-state index >= 15 is 0 Å². The Bertz CT molecular complexity index is 736. The van der Waals surface area contributed by atoms with Crippen LogP contribution >= 0.6 is 27.5 Å².